The van der Waals surface area contributed by atoms with E-state index in [2.05, 4.69) is 15.2 Å². The van der Waals surface area contributed by atoms with E-state index in [9.17, 15) is 8.78 Å². The van der Waals surface area contributed by atoms with Gasteiger partial charge in [0, 0.05) is 22.4 Å². The van der Waals surface area contributed by atoms with Gasteiger partial charge in [-0.15, -0.1) is 0 Å². The van der Waals surface area contributed by atoms with Gasteiger partial charge in [-0.25, -0.2) is 13.8 Å². The predicted octanol–water partition coefficient (Wildman–Crippen LogP) is 4.91. The fraction of sp³-hybridized carbons (Fsp3) is 0.250. The van der Waals surface area contributed by atoms with Crippen LogP contribution in [0.25, 0.3) is 10.9 Å². The van der Waals surface area contributed by atoms with Crippen LogP contribution in [0.2, 0.25) is 5.02 Å². The molecule has 0 bridgehead atoms. The Morgan fingerprint density at radius 1 is 1.14 bits per heavy atom. The van der Waals surface area contributed by atoms with Crippen LogP contribution in [-0.4, -0.2) is 24.5 Å². The molecule has 2 aromatic carbocycles. The van der Waals surface area contributed by atoms with Crippen LogP contribution in [0.1, 0.15) is 30.1 Å². The van der Waals surface area contributed by atoms with Gasteiger partial charge >= 0.3 is 0 Å². The van der Waals surface area contributed by atoms with E-state index in [0.717, 1.165) is 22.7 Å². The van der Waals surface area contributed by atoms with Gasteiger partial charge in [-0.3, -0.25) is 9.36 Å². The first-order valence-electron chi connectivity index (χ1n) is 8.86. The minimum Gasteiger partial charge on any atom is -0.261 e. The van der Waals surface area contributed by atoms with E-state index in [1.165, 1.54) is 18.5 Å². The SMILES string of the molecule is Cc1nn([C@H](C)[C@@H](Cn2cncn2)c2ccc(F)cc2F)c2ccc(Cl)cc12. The number of halogens is 3. The Hall–Kier alpha value is -2.80. The average Bonchev–Trinajstić information content (AvgIpc) is 3.28. The molecule has 0 amide bonds. The first kappa shape index (κ1) is 18.6. The molecule has 2 heterocycles. The van der Waals surface area contributed by atoms with Crippen LogP contribution in [0.3, 0.4) is 0 Å². The van der Waals surface area contributed by atoms with E-state index in [-0.39, 0.29) is 12.0 Å². The van der Waals surface area contributed by atoms with Crippen molar-refractivity contribution >= 4 is 22.5 Å². The summed E-state index contributed by atoms with van der Waals surface area (Å²) in [5.41, 5.74) is 2.14. The second-order valence-corrected chi connectivity index (χ2v) is 7.26. The van der Waals surface area contributed by atoms with Gasteiger partial charge in [0.15, 0.2) is 0 Å². The Bertz CT molecular complexity index is 1120. The van der Waals surface area contributed by atoms with E-state index in [0.29, 0.717) is 17.1 Å². The van der Waals surface area contributed by atoms with Gasteiger partial charge < -0.3 is 0 Å². The van der Waals surface area contributed by atoms with Crippen molar-refractivity contribution in [1.82, 2.24) is 24.5 Å². The quantitative estimate of drug-likeness (QED) is 0.477. The second kappa shape index (κ2) is 7.31. The van der Waals surface area contributed by atoms with Crippen LogP contribution in [0.5, 0.6) is 0 Å². The minimum atomic E-state index is -0.608. The molecular weight excluding hydrogens is 384 g/mol. The van der Waals surface area contributed by atoms with E-state index < -0.39 is 11.6 Å². The molecule has 0 N–H and O–H groups in total. The average molecular weight is 402 g/mol. The molecule has 0 saturated heterocycles. The highest BCUT2D eigenvalue weighted by Crippen LogP contribution is 2.35. The monoisotopic (exact) mass is 401 g/mol. The lowest BCUT2D eigenvalue weighted by molar-refractivity contribution is 0.356. The zero-order valence-corrected chi connectivity index (χ0v) is 16.1. The molecule has 0 aliphatic heterocycles. The van der Waals surface area contributed by atoms with Crippen LogP contribution < -0.4 is 0 Å². The van der Waals surface area contributed by atoms with E-state index in [1.807, 2.05) is 30.7 Å². The van der Waals surface area contributed by atoms with Gasteiger partial charge in [0.2, 0.25) is 0 Å². The Kier molecular flexibility index (Phi) is 4.85. The number of hydrogen-bond donors (Lipinski definition) is 0. The Labute approximate surface area is 165 Å². The highest BCUT2D eigenvalue weighted by molar-refractivity contribution is 6.31. The zero-order chi connectivity index (χ0) is 19.8. The molecule has 0 aliphatic carbocycles. The molecule has 0 fully saturated rings. The molecule has 0 aliphatic rings. The normalized spacial score (nSPS) is 13.8. The van der Waals surface area contributed by atoms with Gasteiger partial charge in [-0.1, -0.05) is 17.7 Å². The molecular formula is C20H18ClF2N5. The third kappa shape index (κ3) is 3.38. The summed E-state index contributed by atoms with van der Waals surface area (Å²) in [5, 5.41) is 10.4. The summed E-state index contributed by atoms with van der Waals surface area (Å²) < 4.78 is 31.6. The molecule has 4 rings (SSSR count). The molecule has 4 aromatic rings. The molecule has 0 saturated carbocycles. The summed E-state index contributed by atoms with van der Waals surface area (Å²) in [6, 6.07) is 9.00. The maximum absolute atomic E-state index is 14.6. The standard InChI is InChI=1S/C20H18ClF2N5/c1-12-17-7-14(21)3-6-20(17)28(26-12)13(2)18(9-27-11-24-10-25-27)16-5-4-15(22)8-19(16)23/h3-8,10-11,13,18H,9H2,1-2H3/t13-,18-/m1/s1. The van der Waals surface area contributed by atoms with E-state index >= 15 is 0 Å². The molecule has 0 radical (unpaired) electrons. The third-order valence-electron chi connectivity index (χ3n) is 5.03. The van der Waals surface area contributed by atoms with Gasteiger partial charge in [0.05, 0.1) is 23.8 Å². The first-order valence-corrected chi connectivity index (χ1v) is 9.23. The largest absolute Gasteiger partial charge is 0.261 e. The molecule has 144 valence electrons. The van der Waals surface area contributed by atoms with E-state index in [1.54, 1.807) is 17.1 Å². The molecule has 2 atom stereocenters. The lowest BCUT2D eigenvalue weighted by Crippen LogP contribution is -2.22. The minimum absolute atomic E-state index is 0.235. The Morgan fingerprint density at radius 2 is 1.96 bits per heavy atom. The van der Waals surface area contributed by atoms with Gasteiger partial charge in [0.25, 0.3) is 0 Å². The lowest BCUT2D eigenvalue weighted by atomic mass is 9.91. The zero-order valence-electron chi connectivity index (χ0n) is 15.4. The fourth-order valence-electron chi connectivity index (χ4n) is 3.59. The Balaban J connectivity index is 1.82. The molecule has 0 spiro atoms. The van der Waals surface area contributed by atoms with E-state index in [4.69, 9.17) is 11.6 Å². The summed E-state index contributed by atoms with van der Waals surface area (Å²) in [4.78, 5) is 3.96. The van der Waals surface area contributed by atoms with Crippen molar-refractivity contribution < 1.29 is 8.78 Å². The van der Waals surface area contributed by atoms with Crippen molar-refractivity contribution in [2.45, 2.75) is 32.4 Å². The van der Waals surface area contributed by atoms with Gasteiger partial charge in [-0.05, 0) is 43.7 Å². The summed E-state index contributed by atoms with van der Waals surface area (Å²) in [6.07, 6.45) is 3.01. The third-order valence-corrected chi connectivity index (χ3v) is 5.27. The van der Waals surface area contributed by atoms with Crippen molar-refractivity contribution in [1.29, 1.82) is 0 Å². The van der Waals surface area contributed by atoms with Crippen LogP contribution in [-0.2, 0) is 6.54 Å². The number of nitrogens with zero attached hydrogens (tertiary/aromatic N) is 5. The van der Waals surface area contributed by atoms with Gasteiger partial charge in [0.1, 0.15) is 24.3 Å². The van der Waals surface area contributed by atoms with Crippen molar-refractivity contribution in [2.75, 3.05) is 0 Å². The molecule has 2 aromatic heterocycles. The molecule has 5 nitrogen and oxygen atoms in total. The number of aromatic nitrogens is 5. The summed E-state index contributed by atoms with van der Waals surface area (Å²) in [6.45, 7) is 4.25. The van der Waals surface area contributed by atoms with Crippen molar-refractivity contribution in [3.8, 4) is 0 Å². The number of rotatable bonds is 5. The summed E-state index contributed by atoms with van der Waals surface area (Å²) in [7, 11) is 0. The smallest absolute Gasteiger partial charge is 0.137 e. The van der Waals surface area contributed by atoms with Crippen molar-refractivity contribution in [3.63, 3.8) is 0 Å². The Morgan fingerprint density at radius 3 is 2.68 bits per heavy atom. The summed E-state index contributed by atoms with van der Waals surface area (Å²) in [5.74, 6) is -1.54. The predicted molar refractivity (Wildman–Crippen MR) is 103 cm³/mol. The van der Waals surface area contributed by atoms with Crippen LogP contribution in [0.15, 0.2) is 49.1 Å². The second-order valence-electron chi connectivity index (χ2n) is 6.82. The summed E-state index contributed by atoms with van der Waals surface area (Å²) >= 11 is 6.13. The van der Waals surface area contributed by atoms with Crippen LogP contribution >= 0.6 is 11.6 Å². The lowest BCUT2D eigenvalue weighted by Gasteiger charge is -2.26. The molecule has 0 unspecified atom stereocenters. The fourth-order valence-corrected chi connectivity index (χ4v) is 3.76. The number of benzene rings is 2. The number of aryl methyl sites for hydroxylation is 1. The van der Waals surface area contributed by atoms with Crippen molar-refractivity contribution in [3.05, 3.63) is 77.0 Å². The molecule has 8 heteroatoms. The molecule has 28 heavy (non-hydrogen) atoms. The maximum Gasteiger partial charge on any atom is 0.137 e. The van der Waals surface area contributed by atoms with Gasteiger partial charge in [-0.2, -0.15) is 10.2 Å². The van der Waals surface area contributed by atoms with Crippen LogP contribution in [0, 0.1) is 18.6 Å². The number of fused-ring (bicyclic) bond motifs is 1. The van der Waals surface area contributed by atoms with Crippen molar-refractivity contribution in [2.24, 2.45) is 0 Å². The maximum atomic E-state index is 14.6. The highest BCUT2D eigenvalue weighted by atomic mass is 35.5. The highest BCUT2D eigenvalue weighted by Gasteiger charge is 2.27. The first-order chi connectivity index (χ1) is 13.4. The van der Waals surface area contributed by atoms with Crippen LogP contribution in [0.4, 0.5) is 8.78 Å². The number of hydrogen-bond acceptors (Lipinski definition) is 3. The topological polar surface area (TPSA) is 48.5 Å².